The number of rotatable bonds is 11. The largest absolute Gasteiger partial charge is 0.383 e. The number of aromatic nitrogens is 1. The first-order valence-corrected chi connectivity index (χ1v) is 13.2. The van der Waals surface area contributed by atoms with Crippen molar-refractivity contribution < 1.29 is 14.3 Å². The van der Waals surface area contributed by atoms with Crippen molar-refractivity contribution in [1.82, 2.24) is 25.8 Å². The number of anilines is 1. The van der Waals surface area contributed by atoms with Crippen LogP contribution in [0.15, 0.2) is 41.3 Å². The van der Waals surface area contributed by atoms with Crippen LogP contribution in [0, 0.1) is 11.3 Å². The number of hydrogen-bond acceptors (Lipinski definition) is 8. The first kappa shape index (κ1) is 29.0. The van der Waals surface area contributed by atoms with E-state index in [0.29, 0.717) is 54.7 Å². The van der Waals surface area contributed by atoms with Crippen LogP contribution in [-0.4, -0.2) is 75.2 Å². The summed E-state index contributed by atoms with van der Waals surface area (Å²) in [6.45, 7) is 9.66. The van der Waals surface area contributed by atoms with E-state index in [4.69, 9.17) is 4.74 Å². The summed E-state index contributed by atoms with van der Waals surface area (Å²) >= 11 is 0. The summed E-state index contributed by atoms with van der Waals surface area (Å²) in [4.78, 5) is 33.8. The molecule has 3 heterocycles. The second-order valence-corrected chi connectivity index (χ2v) is 9.34. The Morgan fingerprint density at radius 3 is 2.79 bits per heavy atom. The van der Waals surface area contributed by atoms with Gasteiger partial charge in [0, 0.05) is 58.6 Å². The molecule has 3 N–H and O–H groups in total. The maximum absolute atomic E-state index is 13.3. The van der Waals surface area contributed by atoms with Gasteiger partial charge in [0.25, 0.3) is 0 Å². The smallest absolute Gasteiger partial charge is 0.327 e. The van der Waals surface area contributed by atoms with Crippen LogP contribution >= 0.6 is 0 Å². The maximum atomic E-state index is 13.3. The number of carbonyl (C=O) groups is 2. The quantitative estimate of drug-likeness (QED) is 0.176. The third-order valence-electron chi connectivity index (χ3n) is 6.45. The van der Waals surface area contributed by atoms with Gasteiger partial charge < -0.3 is 20.7 Å². The fraction of sp³-hybridized carbons (Fsp3) is 0.500. The number of hydrogen-bond donors (Lipinski definition) is 3. The van der Waals surface area contributed by atoms with Crippen LogP contribution in [-0.2, 0) is 17.7 Å². The molecule has 0 aliphatic carbocycles. The fourth-order valence-electron chi connectivity index (χ4n) is 4.52. The molecule has 0 bridgehead atoms. The lowest BCUT2D eigenvalue weighted by molar-refractivity contribution is 0.111. The highest BCUT2D eigenvalue weighted by Crippen LogP contribution is 2.28. The van der Waals surface area contributed by atoms with Crippen LogP contribution < -0.4 is 20.9 Å². The van der Waals surface area contributed by atoms with Crippen LogP contribution in [0.4, 0.5) is 10.6 Å². The summed E-state index contributed by atoms with van der Waals surface area (Å²) in [7, 11) is 1.61. The Hall–Kier alpha value is -3.52. The molecule has 38 heavy (non-hydrogen) atoms. The van der Waals surface area contributed by atoms with E-state index < -0.39 is 0 Å². The Morgan fingerprint density at radius 2 is 2.11 bits per heavy atom. The number of nitrogens with one attached hydrogen (secondary N) is 3. The molecule has 0 aromatic carbocycles. The van der Waals surface area contributed by atoms with Gasteiger partial charge in [-0.1, -0.05) is 13.0 Å². The molecule has 10 nitrogen and oxygen atoms in total. The third kappa shape index (κ3) is 7.99. The average molecular weight is 522 g/mol. The van der Waals surface area contributed by atoms with Crippen molar-refractivity contribution >= 4 is 18.1 Å². The van der Waals surface area contributed by atoms with E-state index in [1.807, 2.05) is 19.1 Å². The van der Waals surface area contributed by atoms with Crippen molar-refractivity contribution in [1.29, 1.82) is 5.26 Å². The van der Waals surface area contributed by atoms with E-state index in [1.54, 1.807) is 31.1 Å². The Labute approximate surface area is 225 Å². The van der Waals surface area contributed by atoms with E-state index in [0.717, 1.165) is 62.9 Å². The summed E-state index contributed by atoms with van der Waals surface area (Å²) < 4.78 is 5.12. The minimum atomic E-state index is -0.322. The van der Waals surface area contributed by atoms with Gasteiger partial charge in [0.1, 0.15) is 17.6 Å². The lowest BCUT2D eigenvalue weighted by Crippen LogP contribution is -2.44. The SMILES string of the molecule is CC/C=C/C(C#N)=C(\C=C(/C)NC(=O)N1CCCc2cc(CN3CCNCC3)c(C=O)nc21)NCCOC. The van der Waals surface area contributed by atoms with Gasteiger partial charge in [-0.15, -0.1) is 0 Å². The number of methoxy groups -OCH3 is 1. The molecule has 1 fully saturated rings. The van der Waals surface area contributed by atoms with Crippen molar-refractivity contribution in [2.75, 3.05) is 57.9 Å². The number of nitrogens with zero attached hydrogens (tertiary/aromatic N) is 4. The topological polar surface area (TPSA) is 123 Å². The predicted octanol–water partition coefficient (Wildman–Crippen LogP) is 2.65. The number of aldehydes is 1. The van der Waals surface area contributed by atoms with Gasteiger partial charge in [-0.2, -0.15) is 5.26 Å². The lowest BCUT2D eigenvalue weighted by atomic mass is 10.0. The number of aryl methyl sites for hydroxylation is 1. The Bertz CT molecular complexity index is 1110. The Kier molecular flexibility index (Phi) is 11.5. The zero-order valence-corrected chi connectivity index (χ0v) is 22.7. The average Bonchev–Trinajstić information content (AvgIpc) is 2.93. The number of nitriles is 1. The van der Waals surface area contributed by atoms with Gasteiger partial charge in [0.2, 0.25) is 0 Å². The molecule has 1 saturated heterocycles. The molecule has 204 valence electrons. The number of ether oxygens (including phenoxy) is 1. The highest BCUT2D eigenvalue weighted by Gasteiger charge is 2.26. The second-order valence-electron chi connectivity index (χ2n) is 9.34. The first-order chi connectivity index (χ1) is 18.5. The van der Waals surface area contributed by atoms with Gasteiger partial charge in [0.15, 0.2) is 6.29 Å². The monoisotopic (exact) mass is 521 g/mol. The first-order valence-electron chi connectivity index (χ1n) is 13.2. The number of carbonyl (C=O) groups excluding carboxylic acids is 2. The number of pyridine rings is 1. The number of piperazine rings is 1. The highest BCUT2D eigenvalue weighted by atomic mass is 16.5. The number of fused-ring (bicyclic) bond motifs is 1. The predicted molar refractivity (Wildman–Crippen MR) is 148 cm³/mol. The van der Waals surface area contributed by atoms with Crippen molar-refractivity contribution in [3.63, 3.8) is 0 Å². The van der Waals surface area contributed by atoms with Crippen LogP contribution in [0.3, 0.4) is 0 Å². The maximum Gasteiger partial charge on any atom is 0.327 e. The van der Waals surface area contributed by atoms with Crippen LogP contribution in [0.5, 0.6) is 0 Å². The van der Waals surface area contributed by atoms with E-state index in [-0.39, 0.29) is 6.03 Å². The van der Waals surface area contributed by atoms with Gasteiger partial charge in [0.05, 0.1) is 17.9 Å². The summed E-state index contributed by atoms with van der Waals surface area (Å²) in [5, 5.41) is 19.2. The number of amides is 2. The van der Waals surface area contributed by atoms with Gasteiger partial charge in [-0.25, -0.2) is 9.78 Å². The molecule has 2 amide bonds. The summed E-state index contributed by atoms with van der Waals surface area (Å²) in [6.07, 6.45) is 8.63. The fourth-order valence-corrected chi connectivity index (χ4v) is 4.52. The summed E-state index contributed by atoms with van der Waals surface area (Å²) in [5.74, 6) is 0.533. The van der Waals surface area contributed by atoms with E-state index in [2.05, 4.69) is 31.9 Å². The molecule has 2 aliphatic rings. The van der Waals surface area contributed by atoms with E-state index >= 15 is 0 Å². The van der Waals surface area contributed by atoms with E-state index in [9.17, 15) is 14.9 Å². The van der Waals surface area contributed by atoms with Gasteiger partial charge in [-0.3, -0.25) is 14.6 Å². The summed E-state index contributed by atoms with van der Waals surface area (Å²) in [6, 6.07) is 3.93. The standard InChI is InChI=1S/C28H39N7O3/c1-4-5-7-23(18-29)25(31-11-15-38-3)16-21(2)32-28(37)35-12-6-8-22-17-24(26(20-36)33-27(22)35)19-34-13-9-30-10-14-34/h5,7,16-17,20,30-31H,4,6,8-15,19H2,1-3H3,(H,32,37)/b7-5+,21-16+,25-23-. The number of allylic oxidation sites excluding steroid dienone is 5. The lowest BCUT2D eigenvalue weighted by Gasteiger charge is -2.31. The Morgan fingerprint density at radius 1 is 1.32 bits per heavy atom. The second kappa shape index (κ2) is 15.0. The molecular formula is C28H39N7O3. The van der Waals surface area contributed by atoms with Gasteiger partial charge in [-0.05, 0) is 55.5 Å². The Balaban J connectivity index is 1.81. The van der Waals surface area contributed by atoms with Crippen molar-refractivity contribution in [2.24, 2.45) is 0 Å². The molecule has 0 radical (unpaired) electrons. The molecule has 0 unspecified atom stereocenters. The molecule has 3 rings (SSSR count). The normalized spacial score (nSPS) is 17.0. The minimum absolute atomic E-state index is 0.322. The molecular weight excluding hydrogens is 482 g/mol. The zero-order chi connectivity index (χ0) is 27.3. The molecule has 1 aromatic heterocycles. The van der Waals surface area contributed by atoms with Crippen LogP contribution in [0.2, 0.25) is 0 Å². The molecule has 2 aliphatic heterocycles. The third-order valence-corrected chi connectivity index (χ3v) is 6.45. The molecule has 0 saturated carbocycles. The molecule has 0 atom stereocenters. The molecule has 0 spiro atoms. The van der Waals surface area contributed by atoms with E-state index in [1.165, 1.54) is 0 Å². The minimum Gasteiger partial charge on any atom is -0.383 e. The summed E-state index contributed by atoms with van der Waals surface area (Å²) in [5.41, 5.74) is 3.90. The highest BCUT2D eigenvalue weighted by molar-refractivity contribution is 5.93. The molecule has 10 heteroatoms. The van der Waals surface area contributed by atoms with Crippen molar-refractivity contribution in [3.8, 4) is 6.07 Å². The number of urea groups is 1. The van der Waals surface area contributed by atoms with Crippen LogP contribution in [0.1, 0.15) is 48.3 Å². The van der Waals surface area contributed by atoms with Crippen LogP contribution in [0.25, 0.3) is 0 Å². The van der Waals surface area contributed by atoms with Crippen molar-refractivity contribution in [3.05, 3.63) is 58.1 Å². The zero-order valence-electron chi connectivity index (χ0n) is 22.7. The van der Waals surface area contributed by atoms with Gasteiger partial charge >= 0.3 is 6.03 Å². The van der Waals surface area contributed by atoms with Crippen molar-refractivity contribution in [2.45, 2.75) is 39.7 Å². The molecule has 1 aromatic rings.